The lowest BCUT2D eigenvalue weighted by Crippen LogP contribution is -2.28. The van der Waals surface area contributed by atoms with E-state index in [1.807, 2.05) is 13.8 Å². The average Bonchev–Trinajstić information content (AvgIpc) is 2.25. The van der Waals surface area contributed by atoms with E-state index in [2.05, 4.69) is 13.8 Å². The van der Waals surface area contributed by atoms with Crippen LogP contribution in [-0.4, -0.2) is 16.7 Å². The van der Waals surface area contributed by atoms with Crippen molar-refractivity contribution in [2.75, 3.05) is 0 Å². The molecule has 3 nitrogen and oxygen atoms in total. The lowest BCUT2D eigenvalue weighted by Gasteiger charge is -2.26. The molecule has 0 heterocycles. The summed E-state index contributed by atoms with van der Waals surface area (Å²) in [6, 6.07) is 6.62. The number of benzene rings is 1. The zero-order chi connectivity index (χ0) is 14.5. The Morgan fingerprint density at radius 1 is 1.32 bits per heavy atom. The molecular formula is C16H22O3. The average molecular weight is 262 g/mol. The van der Waals surface area contributed by atoms with Crippen molar-refractivity contribution >= 4 is 12.0 Å². The molecule has 0 aliphatic heterocycles. The molecule has 3 heteroatoms. The van der Waals surface area contributed by atoms with Crippen LogP contribution in [-0.2, 0) is 9.53 Å². The van der Waals surface area contributed by atoms with Crippen molar-refractivity contribution < 1.29 is 14.6 Å². The Morgan fingerprint density at radius 3 is 2.42 bits per heavy atom. The standard InChI is InChI=1S/C16H22O3/c1-12(2)11-16(3,4)19-15(18)10-7-13-5-8-14(17)9-6-13/h5-10,12,17H,11H2,1-4H3/b10-7+. The van der Waals surface area contributed by atoms with Crippen molar-refractivity contribution in [3.05, 3.63) is 35.9 Å². The molecule has 0 radical (unpaired) electrons. The molecule has 1 aromatic rings. The van der Waals surface area contributed by atoms with Crippen LogP contribution in [0, 0.1) is 5.92 Å². The van der Waals surface area contributed by atoms with Crippen molar-refractivity contribution in [3.63, 3.8) is 0 Å². The Morgan fingerprint density at radius 2 is 1.89 bits per heavy atom. The van der Waals surface area contributed by atoms with Gasteiger partial charge in [-0.1, -0.05) is 26.0 Å². The van der Waals surface area contributed by atoms with E-state index < -0.39 is 5.60 Å². The van der Waals surface area contributed by atoms with Gasteiger partial charge in [0.25, 0.3) is 0 Å². The number of phenolic OH excluding ortho intramolecular Hbond substituents is 1. The first-order chi connectivity index (χ1) is 8.78. The van der Waals surface area contributed by atoms with Gasteiger partial charge in [0.2, 0.25) is 0 Å². The predicted octanol–water partition coefficient (Wildman–Crippen LogP) is 3.77. The summed E-state index contributed by atoms with van der Waals surface area (Å²) in [5.74, 6) is 0.334. The smallest absolute Gasteiger partial charge is 0.331 e. The van der Waals surface area contributed by atoms with E-state index in [1.54, 1.807) is 30.3 Å². The second-order valence-corrected chi connectivity index (χ2v) is 5.70. The maximum Gasteiger partial charge on any atom is 0.331 e. The van der Waals surface area contributed by atoms with E-state index >= 15 is 0 Å². The molecule has 1 aromatic carbocycles. The monoisotopic (exact) mass is 262 g/mol. The van der Waals surface area contributed by atoms with E-state index in [4.69, 9.17) is 9.84 Å². The third kappa shape index (κ3) is 6.09. The number of hydrogen-bond acceptors (Lipinski definition) is 3. The zero-order valence-electron chi connectivity index (χ0n) is 12.0. The topological polar surface area (TPSA) is 46.5 Å². The Balaban J connectivity index is 2.57. The van der Waals surface area contributed by atoms with Crippen LogP contribution in [0.1, 0.15) is 39.7 Å². The zero-order valence-corrected chi connectivity index (χ0v) is 12.0. The molecular weight excluding hydrogens is 240 g/mol. The van der Waals surface area contributed by atoms with Gasteiger partial charge in [-0.2, -0.15) is 0 Å². The van der Waals surface area contributed by atoms with E-state index in [1.165, 1.54) is 6.08 Å². The Labute approximate surface area is 114 Å². The van der Waals surface area contributed by atoms with Crippen LogP contribution < -0.4 is 0 Å². The van der Waals surface area contributed by atoms with Gasteiger partial charge in [0.1, 0.15) is 11.4 Å². The number of carbonyl (C=O) groups is 1. The molecule has 104 valence electrons. The van der Waals surface area contributed by atoms with Gasteiger partial charge in [0.05, 0.1) is 0 Å². The first-order valence-electron chi connectivity index (χ1n) is 6.48. The molecule has 0 amide bonds. The lowest BCUT2D eigenvalue weighted by atomic mass is 9.96. The summed E-state index contributed by atoms with van der Waals surface area (Å²) in [6.07, 6.45) is 3.91. The molecule has 0 fully saturated rings. The number of phenols is 1. The van der Waals surface area contributed by atoms with E-state index in [-0.39, 0.29) is 11.7 Å². The van der Waals surface area contributed by atoms with Crippen molar-refractivity contribution in [2.45, 2.75) is 39.7 Å². The second-order valence-electron chi connectivity index (χ2n) is 5.70. The van der Waals surface area contributed by atoms with Crippen LogP contribution in [0.4, 0.5) is 0 Å². The third-order valence-corrected chi connectivity index (χ3v) is 2.58. The van der Waals surface area contributed by atoms with Crippen molar-refractivity contribution in [2.24, 2.45) is 5.92 Å². The summed E-state index contributed by atoms with van der Waals surface area (Å²) in [4.78, 5) is 11.7. The molecule has 0 aromatic heterocycles. The van der Waals surface area contributed by atoms with Gasteiger partial charge in [-0.25, -0.2) is 4.79 Å². The summed E-state index contributed by atoms with van der Waals surface area (Å²) < 4.78 is 5.42. The fraction of sp³-hybridized carbons (Fsp3) is 0.438. The number of aromatic hydroxyl groups is 1. The normalized spacial score (nSPS) is 12.1. The highest BCUT2D eigenvalue weighted by Crippen LogP contribution is 2.20. The fourth-order valence-corrected chi connectivity index (χ4v) is 2.08. The van der Waals surface area contributed by atoms with Gasteiger partial charge in [0, 0.05) is 6.08 Å². The van der Waals surface area contributed by atoms with Crippen LogP contribution in [0.15, 0.2) is 30.3 Å². The lowest BCUT2D eigenvalue weighted by molar-refractivity contribution is -0.151. The first-order valence-corrected chi connectivity index (χ1v) is 6.48. The van der Waals surface area contributed by atoms with Gasteiger partial charge in [-0.15, -0.1) is 0 Å². The molecule has 0 spiro atoms. The highest BCUT2D eigenvalue weighted by Gasteiger charge is 2.22. The van der Waals surface area contributed by atoms with Gasteiger partial charge < -0.3 is 9.84 Å². The maximum absolute atomic E-state index is 11.7. The number of hydrogen-bond donors (Lipinski definition) is 1. The molecule has 0 bridgehead atoms. The van der Waals surface area contributed by atoms with E-state index in [0.29, 0.717) is 5.92 Å². The van der Waals surface area contributed by atoms with Gasteiger partial charge in [-0.3, -0.25) is 0 Å². The molecule has 1 N–H and O–H groups in total. The minimum atomic E-state index is -0.454. The summed E-state index contributed by atoms with van der Waals surface area (Å²) in [6.45, 7) is 8.03. The highest BCUT2D eigenvalue weighted by atomic mass is 16.6. The molecule has 19 heavy (non-hydrogen) atoms. The van der Waals surface area contributed by atoms with Gasteiger partial charge >= 0.3 is 5.97 Å². The van der Waals surface area contributed by atoms with E-state index in [0.717, 1.165) is 12.0 Å². The molecule has 0 aliphatic rings. The van der Waals surface area contributed by atoms with Gasteiger partial charge in [-0.05, 0) is 50.0 Å². The Hall–Kier alpha value is -1.77. The fourth-order valence-electron chi connectivity index (χ4n) is 2.08. The summed E-state index contributed by atoms with van der Waals surface area (Å²) in [7, 11) is 0. The molecule has 0 aliphatic carbocycles. The Bertz CT molecular complexity index is 442. The van der Waals surface area contributed by atoms with Gasteiger partial charge in [0.15, 0.2) is 0 Å². The van der Waals surface area contributed by atoms with Crippen LogP contribution in [0.5, 0.6) is 5.75 Å². The van der Waals surface area contributed by atoms with Crippen LogP contribution in [0.25, 0.3) is 6.08 Å². The molecule has 0 atom stereocenters. The quantitative estimate of drug-likeness (QED) is 0.649. The predicted molar refractivity (Wildman–Crippen MR) is 76.8 cm³/mol. The van der Waals surface area contributed by atoms with Crippen molar-refractivity contribution in [3.8, 4) is 5.75 Å². The number of esters is 1. The molecule has 0 saturated heterocycles. The highest BCUT2D eigenvalue weighted by molar-refractivity contribution is 5.87. The number of rotatable bonds is 5. The summed E-state index contributed by atoms with van der Waals surface area (Å²) in [5.41, 5.74) is 0.390. The second kappa shape index (κ2) is 6.41. The largest absolute Gasteiger partial charge is 0.508 e. The minimum absolute atomic E-state index is 0.206. The van der Waals surface area contributed by atoms with E-state index in [9.17, 15) is 4.79 Å². The van der Waals surface area contributed by atoms with Crippen molar-refractivity contribution in [1.29, 1.82) is 0 Å². The van der Waals surface area contributed by atoms with Crippen LogP contribution >= 0.6 is 0 Å². The van der Waals surface area contributed by atoms with Crippen LogP contribution in [0.2, 0.25) is 0 Å². The SMILES string of the molecule is CC(C)CC(C)(C)OC(=O)/C=C/c1ccc(O)cc1. The summed E-state index contributed by atoms with van der Waals surface area (Å²) in [5, 5.41) is 9.16. The molecule has 0 unspecified atom stereocenters. The van der Waals surface area contributed by atoms with Crippen molar-refractivity contribution in [1.82, 2.24) is 0 Å². The maximum atomic E-state index is 11.7. The first kappa shape index (κ1) is 15.3. The number of carbonyl (C=O) groups excluding carboxylic acids is 1. The minimum Gasteiger partial charge on any atom is -0.508 e. The summed E-state index contributed by atoms with van der Waals surface area (Å²) >= 11 is 0. The van der Waals surface area contributed by atoms with Crippen LogP contribution in [0.3, 0.4) is 0 Å². The molecule has 1 rings (SSSR count). The molecule has 0 saturated carbocycles. The third-order valence-electron chi connectivity index (χ3n) is 2.58. The Kier molecular flexibility index (Phi) is 5.16. The number of ether oxygens (including phenoxy) is 1.